The van der Waals surface area contributed by atoms with Crippen molar-refractivity contribution < 1.29 is 29.2 Å². The normalized spacial score (nSPS) is 26.8. The van der Waals surface area contributed by atoms with E-state index in [1.807, 2.05) is 42.5 Å². The Morgan fingerprint density at radius 3 is 2.45 bits per heavy atom. The van der Waals surface area contributed by atoms with Crippen LogP contribution in [0.15, 0.2) is 71.7 Å². The molecular weight excluding hydrogens is 440 g/mol. The molecule has 0 aliphatic carbocycles. The van der Waals surface area contributed by atoms with E-state index in [0.717, 1.165) is 10.0 Å². The highest BCUT2D eigenvalue weighted by molar-refractivity contribution is 9.10. The summed E-state index contributed by atoms with van der Waals surface area (Å²) in [4.78, 5) is 0. The molecule has 1 aliphatic heterocycles. The minimum Gasteiger partial charge on any atom is -0.462 e. The third kappa shape index (κ3) is 6.12. The molecule has 0 bridgehead atoms. The molecule has 0 spiro atoms. The largest absolute Gasteiger partial charge is 0.462 e. The van der Waals surface area contributed by atoms with Crippen molar-refractivity contribution in [1.82, 2.24) is 0 Å². The molecule has 2 aromatic carbocycles. The minimum absolute atomic E-state index is 0.122. The van der Waals surface area contributed by atoms with Gasteiger partial charge in [-0.25, -0.2) is 0 Å². The number of halogens is 1. The molecule has 2 N–H and O–H groups in total. The maximum atomic E-state index is 10.7. The van der Waals surface area contributed by atoms with E-state index in [0.29, 0.717) is 12.4 Å². The quantitative estimate of drug-likeness (QED) is 0.555. The third-order valence-electron chi connectivity index (χ3n) is 4.51. The Bertz CT molecular complexity index is 754. The van der Waals surface area contributed by atoms with Gasteiger partial charge in [0.15, 0.2) is 0 Å². The van der Waals surface area contributed by atoms with Gasteiger partial charge < -0.3 is 29.2 Å². The van der Waals surface area contributed by atoms with Crippen molar-refractivity contribution in [2.75, 3.05) is 13.2 Å². The molecule has 0 aromatic heterocycles. The molecule has 1 fully saturated rings. The monoisotopic (exact) mass is 464 g/mol. The number of aliphatic hydroxyl groups is 2. The van der Waals surface area contributed by atoms with Crippen molar-refractivity contribution in [3.05, 3.63) is 77.3 Å². The van der Waals surface area contributed by atoms with Gasteiger partial charge in [0.1, 0.15) is 30.2 Å². The first-order valence-corrected chi connectivity index (χ1v) is 10.2. The molecule has 7 heteroatoms. The van der Waals surface area contributed by atoms with Crippen molar-refractivity contribution in [3.8, 4) is 5.75 Å². The van der Waals surface area contributed by atoms with Gasteiger partial charge in [0.05, 0.1) is 19.8 Å². The van der Waals surface area contributed by atoms with Crippen LogP contribution in [0.25, 0.3) is 0 Å². The molecule has 156 valence electrons. The van der Waals surface area contributed by atoms with E-state index in [2.05, 4.69) is 22.5 Å². The first-order valence-electron chi connectivity index (χ1n) is 9.36. The Balaban J connectivity index is 1.66. The van der Waals surface area contributed by atoms with Crippen molar-refractivity contribution in [3.63, 3.8) is 0 Å². The molecule has 1 saturated heterocycles. The van der Waals surface area contributed by atoms with E-state index >= 15 is 0 Å². The fourth-order valence-corrected chi connectivity index (χ4v) is 3.29. The summed E-state index contributed by atoms with van der Waals surface area (Å²) in [5, 5.41) is 21.3. The van der Waals surface area contributed by atoms with E-state index in [1.54, 1.807) is 18.2 Å². The lowest BCUT2D eigenvalue weighted by Crippen LogP contribution is -2.61. The molecule has 0 amide bonds. The fraction of sp³-hybridized carbons (Fsp3) is 0.364. The van der Waals surface area contributed by atoms with Gasteiger partial charge in [0.25, 0.3) is 0 Å². The molecule has 5 atom stereocenters. The lowest BCUT2D eigenvalue weighted by Gasteiger charge is -2.42. The number of hydrogen-bond acceptors (Lipinski definition) is 6. The molecule has 3 rings (SSSR count). The van der Waals surface area contributed by atoms with Gasteiger partial charge >= 0.3 is 0 Å². The highest BCUT2D eigenvalue weighted by atomic mass is 79.9. The Hall–Kier alpha value is -1.74. The van der Waals surface area contributed by atoms with Gasteiger partial charge in [-0.1, -0.05) is 52.3 Å². The van der Waals surface area contributed by atoms with Gasteiger partial charge in [0.2, 0.25) is 6.29 Å². The van der Waals surface area contributed by atoms with E-state index in [1.165, 1.54) is 0 Å². The van der Waals surface area contributed by atoms with Gasteiger partial charge in [-0.15, -0.1) is 6.58 Å². The zero-order chi connectivity index (χ0) is 20.6. The smallest absolute Gasteiger partial charge is 0.229 e. The van der Waals surface area contributed by atoms with E-state index < -0.39 is 30.7 Å². The van der Waals surface area contributed by atoms with Crippen LogP contribution >= 0.6 is 15.9 Å². The van der Waals surface area contributed by atoms with E-state index in [4.69, 9.17) is 18.9 Å². The molecule has 0 radical (unpaired) electrons. The number of rotatable bonds is 9. The highest BCUT2D eigenvalue weighted by Gasteiger charge is 2.46. The highest BCUT2D eigenvalue weighted by Crippen LogP contribution is 2.27. The van der Waals surface area contributed by atoms with Crippen LogP contribution in [0.4, 0.5) is 0 Å². The summed E-state index contributed by atoms with van der Waals surface area (Å²) >= 11 is 3.37. The fourth-order valence-electron chi connectivity index (χ4n) is 3.03. The molecule has 1 aliphatic rings. The first-order chi connectivity index (χ1) is 14.1. The van der Waals surface area contributed by atoms with Crippen LogP contribution in [-0.2, 0) is 20.8 Å². The second-order valence-corrected chi connectivity index (χ2v) is 7.60. The predicted molar refractivity (Wildman–Crippen MR) is 111 cm³/mol. The number of aliphatic hydroxyl groups excluding tert-OH is 2. The summed E-state index contributed by atoms with van der Waals surface area (Å²) in [6, 6.07) is 16.9. The Morgan fingerprint density at radius 2 is 1.76 bits per heavy atom. The number of ether oxygens (including phenoxy) is 4. The Kier molecular flexibility index (Phi) is 8.23. The number of hydrogen-bond donors (Lipinski definition) is 2. The molecule has 5 unspecified atom stereocenters. The van der Waals surface area contributed by atoms with Gasteiger partial charge in [-0.05, 0) is 29.8 Å². The maximum absolute atomic E-state index is 10.7. The van der Waals surface area contributed by atoms with E-state index in [-0.39, 0.29) is 13.2 Å². The molecule has 2 aromatic rings. The number of benzene rings is 2. The second kappa shape index (κ2) is 10.9. The SMILES string of the molecule is C=CCOC1C(O)C(COCc2ccccc2)OC(Oc2ccc(Br)cc2)C1O. The second-order valence-electron chi connectivity index (χ2n) is 6.68. The van der Waals surface area contributed by atoms with Crippen LogP contribution in [0.2, 0.25) is 0 Å². The average molecular weight is 465 g/mol. The zero-order valence-corrected chi connectivity index (χ0v) is 17.5. The summed E-state index contributed by atoms with van der Waals surface area (Å²) in [6.45, 7) is 4.30. The van der Waals surface area contributed by atoms with Gasteiger partial charge in [-0.2, -0.15) is 0 Å². The minimum atomic E-state index is -1.18. The molecule has 1 heterocycles. The van der Waals surface area contributed by atoms with E-state index in [9.17, 15) is 10.2 Å². The molecular formula is C22H25BrO6. The third-order valence-corrected chi connectivity index (χ3v) is 5.04. The topological polar surface area (TPSA) is 77.4 Å². The Morgan fingerprint density at radius 1 is 1.03 bits per heavy atom. The standard InChI is InChI=1S/C22H25BrO6/c1-2-12-27-21-19(24)18(14-26-13-15-6-4-3-5-7-15)29-22(20(21)25)28-17-10-8-16(23)9-11-17/h2-11,18-22,24-25H,1,12-14H2. The molecule has 29 heavy (non-hydrogen) atoms. The van der Waals surface area contributed by atoms with Crippen LogP contribution < -0.4 is 4.74 Å². The van der Waals surface area contributed by atoms with Crippen molar-refractivity contribution >= 4 is 15.9 Å². The summed E-state index contributed by atoms with van der Waals surface area (Å²) in [5.41, 5.74) is 1.01. The lowest BCUT2D eigenvalue weighted by molar-refractivity contribution is -0.286. The van der Waals surface area contributed by atoms with Gasteiger partial charge in [0, 0.05) is 4.47 Å². The summed E-state index contributed by atoms with van der Waals surface area (Å²) < 4.78 is 23.9. The van der Waals surface area contributed by atoms with Crippen molar-refractivity contribution in [2.45, 2.75) is 37.3 Å². The van der Waals surface area contributed by atoms with Crippen molar-refractivity contribution in [2.24, 2.45) is 0 Å². The summed E-state index contributed by atoms with van der Waals surface area (Å²) in [7, 11) is 0. The summed E-state index contributed by atoms with van der Waals surface area (Å²) in [6.07, 6.45) is -3.34. The predicted octanol–water partition coefficient (Wildman–Crippen LogP) is 3.06. The van der Waals surface area contributed by atoms with Crippen LogP contribution in [0.5, 0.6) is 5.75 Å². The van der Waals surface area contributed by atoms with Crippen LogP contribution in [0.1, 0.15) is 5.56 Å². The molecule has 0 saturated carbocycles. The van der Waals surface area contributed by atoms with Crippen LogP contribution in [-0.4, -0.2) is 54.1 Å². The van der Waals surface area contributed by atoms with Crippen LogP contribution in [0, 0.1) is 0 Å². The van der Waals surface area contributed by atoms with Crippen LogP contribution in [0.3, 0.4) is 0 Å². The summed E-state index contributed by atoms with van der Waals surface area (Å²) in [5.74, 6) is 0.528. The molecule has 6 nitrogen and oxygen atoms in total. The van der Waals surface area contributed by atoms with Gasteiger partial charge in [-0.3, -0.25) is 0 Å². The lowest BCUT2D eigenvalue weighted by atomic mass is 9.99. The Labute approximate surface area is 178 Å². The zero-order valence-electron chi connectivity index (χ0n) is 15.9. The first kappa shape index (κ1) is 22.0. The van der Waals surface area contributed by atoms with Crippen molar-refractivity contribution in [1.29, 1.82) is 0 Å². The maximum Gasteiger partial charge on any atom is 0.229 e. The average Bonchev–Trinajstić information content (AvgIpc) is 2.73.